The third kappa shape index (κ3) is 3.50. The number of aliphatic hydroxyl groups is 1. The number of carboxylic acids is 1. The van der Waals surface area contributed by atoms with Gasteiger partial charge in [-0.2, -0.15) is 0 Å². The minimum Gasteiger partial charge on any atom is -0.476 e. The van der Waals surface area contributed by atoms with Crippen molar-refractivity contribution in [2.24, 2.45) is 0 Å². The van der Waals surface area contributed by atoms with E-state index in [2.05, 4.69) is 15.1 Å². The summed E-state index contributed by atoms with van der Waals surface area (Å²) in [4.78, 5) is 16.9. The molecule has 0 spiro atoms. The van der Waals surface area contributed by atoms with Gasteiger partial charge in [0.2, 0.25) is 5.69 Å². The fourth-order valence-electron chi connectivity index (χ4n) is 2.69. The molecule has 0 amide bonds. The molecule has 1 aliphatic heterocycles. The molecule has 24 heavy (non-hydrogen) atoms. The number of aromatic carboxylic acids is 1. The number of benzene rings is 1. The SMILES string of the molecule is O=C(O)c1nn(-c2cccc(Cl)c2)nc1N1CCN(CCO)CC1. The van der Waals surface area contributed by atoms with Crippen LogP contribution in [0.5, 0.6) is 0 Å². The number of rotatable bonds is 5. The fourth-order valence-corrected chi connectivity index (χ4v) is 2.88. The minimum absolute atomic E-state index is 0.0782. The van der Waals surface area contributed by atoms with E-state index in [0.29, 0.717) is 36.2 Å². The van der Waals surface area contributed by atoms with Crippen LogP contribution in [0.15, 0.2) is 24.3 Å². The lowest BCUT2D eigenvalue weighted by Crippen LogP contribution is -2.47. The second kappa shape index (κ2) is 7.16. The van der Waals surface area contributed by atoms with Crippen LogP contribution in [0, 0.1) is 0 Å². The highest BCUT2D eigenvalue weighted by atomic mass is 35.5. The largest absolute Gasteiger partial charge is 0.476 e. The molecule has 2 heterocycles. The molecule has 2 aromatic rings. The number of carbonyl (C=O) groups is 1. The van der Waals surface area contributed by atoms with Crippen molar-refractivity contribution in [3.05, 3.63) is 35.0 Å². The van der Waals surface area contributed by atoms with E-state index in [1.807, 2.05) is 4.90 Å². The first kappa shape index (κ1) is 16.7. The molecular weight excluding hydrogens is 334 g/mol. The van der Waals surface area contributed by atoms with Gasteiger partial charge in [-0.05, 0) is 18.2 Å². The molecule has 8 nitrogen and oxygen atoms in total. The topological polar surface area (TPSA) is 94.7 Å². The molecule has 0 saturated carbocycles. The Morgan fingerprint density at radius 3 is 2.58 bits per heavy atom. The van der Waals surface area contributed by atoms with E-state index in [-0.39, 0.29) is 12.3 Å². The Kier molecular flexibility index (Phi) is 4.98. The molecule has 1 aromatic heterocycles. The van der Waals surface area contributed by atoms with E-state index in [9.17, 15) is 9.90 Å². The molecule has 128 valence electrons. The normalized spacial score (nSPS) is 15.7. The standard InChI is InChI=1S/C15H18ClN5O3/c16-11-2-1-3-12(10-11)21-17-13(15(23)24)14(18-21)20-6-4-19(5-7-20)8-9-22/h1-3,10,22H,4-9H2,(H,23,24). The van der Waals surface area contributed by atoms with Crippen molar-refractivity contribution in [1.82, 2.24) is 19.9 Å². The van der Waals surface area contributed by atoms with Crippen LogP contribution >= 0.6 is 11.6 Å². The average Bonchev–Trinajstić information content (AvgIpc) is 3.01. The van der Waals surface area contributed by atoms with E-state index in [4.69, 9.17) is 16.7 Å². The van der Waals surface area contributed by atoms with Gasteiger partial charge in [0, 0.05) is 37.7 Å². The van der Waals surface area contributed by atoms with Crippen molar-refractivity contribution in [1.29, 1.82) is 0 Å². The van der Waals surface area contributed by atoms with Gasteiger partial charge in [-0.3, -0.25) is 4.90 Å². The summed E-state index contributed by atoms with van der Waals surface area (Å²) in [7, 11) is 0. The second-order valence-corrected chi connectivity index (χ2v) is 5.94. The van der Waals surface area contributed by atoms with Gasteiger partial charge in [-0.1, -0.05) is 17.7 Å². The molecule has 9 heteroatoms. The summed E-state index contributed by atoms with van der Waals surface area (Å²) in [6.45, 7) is 3.48. The summed E-state index contributed by atoms with van der Waals surface area (Å²) in [6.07, 6.45) is 0. The van der Waals surface area contributed by atoms with E-state index in [0.717, 1.165) is 13.1 Å². The Balaban J connectivity index is 1.86. The summed E-state index contributed by atoms with van der Waals surface area (Å²) in [5.74, 6) is -0.762. The van der Waals surface area contributed by atoms with Crippen LogP contribution in [0.3, 0.4) is 0 Å². The molecule has 1 aromatic carbocycles. The van der Waals surface area contributed by atoms with E-state index in [1.165, 1.54) is 4.80 Å². The van der Waals surface area contributed by atoms with Crippen LogP contribution in [-0.2, 0) is 0 Å². The Morgan fingerprint density at radius 1 is 1.21 bits per heavy atom. The smallest absolute Gasteiger partial charge is 0.360 e. The number of hydrogen-bond acceptors (Lipinski definition) is 6. The first-order valence-corrected chi connectivity index (χ1v) is 8.01. The maximum absolute atomic E-state index is 11.5. The summed E-state index contributed by atoms with van der Waals surface area (Å²) in [6, 6.07) is 6.93. The molecule has 0 atom stereocenters. The number of nitrogens with zero attached hydrogens (tertiary/aromatic N) is 5. The number of halogens is 1. The van der Waals surface area contributed by atoms with Gasteiger partial charge in [0.05, 0.1) is 12.3 Å². The minimum atomic E-state index is -1.11. The highest BCUT2D eigenvalue weighted by molar-refractivity contribution is 6.30. The molecule has 0 unspecified atom stereocenters. The third-order valence-corrected chi connectivity index (χ3v) is 4.16. The maximum Gasteiger partial charge on any atom is 0.360 e. The Hall–Kier alpha value is -2.16. The number of piperazine rings is 1. The predicted molar refractivity (Wildman–Crippen MR) is 89.1 cm³/mol. The molecular formula is C15H18ClN5O3. The lowest BCUT2D eigenvalue weighted by Gasteiger charge is -2.34. The molecule has 1 saturated heterocycles. The van der Waals surface area contributed by atoms with Gasteiger partial charge in [-0.15, -0.1) is 15.0 Å². The van der Waals surface area contributed by atoms with Crippen LogP contribution in [-0.4, -0.2) is 75.4 Å². The quantitative estimate of drug-likeness (QED) is 0.820. The Labute approximate surface area is 143 Å². The summed E-state index contributed by atoms with van der Waals surface area (Å²) < 4.78 is 0. The van der Waals surface area contributed by atoms with Crippen molar-refractivity contribution in [2.45, 2.75) is 0 Å². The molecule has 0 aliphatic carbocycles. The number of aliphatic hydroxyl groups excluding tert-OH is 1. The highest BCUT2D eigenvalue weighted by Gasteiger charge is 2.26. The zero-order valence-corrected chi connectivity index (χ0v) is 13.7. The van der Waals surface area contributed by atoms with Crippen molar-refractivity contribution in [3.63, 3.8) is 0 Å². The molecule has 0 bridgehead atoms. The first-order chi connectivity index (χ1) is 11.6. The van der Waals surface area contributed by atoms with Crippen LogP contribution in [0.1, 0.15) is 10.5 Å². The predicted octanol–water partition coefficient (Wildman–Crippen LogP) is 0.733. The second-order valence-electron chi connectivity index (χ2n) is 5.50. The molecule has 3 rings (SSSR count). The van der Waals surface area contributed by atoms with E-state index < -0.39 is 5.97 Å². The van der Waals surface area contributed by atoms with E-state index in [1.54, 1.807) is 24.3 Å². The van der Waals surface area contributed by atoms with Gasteiger partial charge in [-0.25, -0.2) is 4.79 Å². The Bertz CT molecular complexity index is 728. The number of aromatic nitrogens is 3. The number of β-amino-alcohol motifs (C(OH)–C–C–N with tert-alkyl or cyclic N) is 1. The van der Waals surface area contributed by atoms with Crippen molar-refractivity contribution >= 4 is 23.4 Å². The zero-order valence-electron chi connectivity index (χ0n) is 13.0. The summed E-state index contributed by atoms with van der Waals surface area (Å²) >= 11 is 5.98. The molecule has 1 fully saturated rings. The fraction of sp³-hybridized carbons (Fsp3) is 0.400. The van der Waals surface area contributed by atoms with Gasteiger partial charge in [0.25, 0.3) is 0 Å². The van der Waals surface area contributed by atoms with Crippen LogP contribution in [0.2, 0.25) is 5.02 Å². The van der Waals surface area contributed by atoms with E-state index >= 15 is 0 Å². The average molecular weight is 352 g/mol. The highest BCUT2D eigenvalue weighted by Crippen LogP contribution is 2.21. The zero-order chi connectivity index (χ0) is 17.1. The van der Waals surface area contributed by atoms with Crippen molar-refractivity contribution in [2.75, 3.05) is 44.2 Å². The monoisotopic (exact) mass is 351 g/mol. The van der Waals surface area contributed by atoms with Crippen LogP contribution in [0.25, 0.3) is 5.69 Å². The van der Waals surface area contributed by atoms with Gasteiger partial charge < -0.3 is 15.1 Å². The number of anilines is 1. The summed E-state index contributed by atoms with van der Waals surface area (Å²) in [5.41, 5.74) is 0.528. The van der Waals surface area contributed by atoms with Crippen LogP contribution in [0.4, 0.5) is 5.82 Å². The lowest BCUT2D eigenvalue weighted by molar-refractivity contribution is 0.0690. The van der Waals surface area contributed by atoms with Crippen molar-refractivity contribution in [3.8, 4) is 5.69 Å². The van der Waals surface area contributed by atoms with Crippen molar-refractivity contribution < 1.29 is 15.0 Å². The van der Waals surface area contributed by atoms with Crippen LogP contribution < -0.4 is 4.90 Å². The number of hydrogen-bond donors (Lipinski definition) is 2. The van der Waals surface area contributed by atoms with Gasteiger partial charge in [0.1, 0.15) is 0 Å². The molecule has 2 N–H and O–H groups in total. The maximum atomic E-state index is 11.5. The molecule has 1 aliphatic rings. The Morgan fingerprint density at radius 2 is 1.96 bits per heavy atom. The third-order valence-electron chi connectivity index (χ3n) is 3.93. The van der Waals surface area contributed by atoms with Gasteiger partial charge in [0.15, 0.2) is 5.82 Å². The first-order valence-electron chi connectivity index (χ1n) is 7.63. The number of carboxylic acid groups (broad SMARTS) is 1. The van der Waals surface area contributed by atoms with Gasteiger partial charge >= 0.3 is 5.97 Å². The lowest BCUT2D eigenvalue weighted by atomic mass is 10.3. The molecule has 0 radical (unpaired) electrons. The summed E-state index contributed by atoms with van der Waals surface area (Å²) in [5, 5.41) is 27.4.